The number of nitrogens with zero attached hydrogens (tertiary/aromatic N) is 2. The molecule has 3 rings (SSSR count). The molecule has 1 unspecified atom stereocenters. The highest BCUT2D eigenvalue weighted by atomic mass is 32.1. The topological polar surface area (TPSA) is 29.9 Å². The number of hydrogen-bond acceptors (Lipinski definition) is 3. The fourth-order valence-electron chi connectivity index (χ4n) is 2.51. The van der Waals surface area contributed by atoms with Crippen molar-refractivity contribution in [1.29, 1.82) is 0 Å². The van der Waals surface area contributed by atoms with Crippen molar-refractivity contribution in [2.45, 2.75) is 19.9 Å². The molecule has 4 heteroatoms. The highest BCUT2D eigenvalue weighted by Gasteiger charge is 2.17. The summed E-state index contributed by atoms with van der Waals surface area (Å²) >= 11 is 1.79. The third-order valence-corrected chi connectivity index (χ3v) is 4.44. The Balaban J connectivity index is 1.95. The standard InChI is InChI=1S/C17H19N3S/c1-3-18-17(16-9-10-21-13(16)2)14-11-19-20(12-14)15-7-5-4-6-8-15/h4-12,17-18H,3H2,1-2H3. The Labute approximate surface area is 129 Å². The van der Waals surface area contributed by atoms with Gasteiger partial charge in [-0.1, -0.05) is 25.1 Å². The molecule has 0 bridgehead atoms. The van der Waals surface area contributed by atoms with Crippen LogP contribution in [0.2, 0.25) is 0 Å². The highest BCUT2D eigenvalue weighted by molar-refractivity contribution is 7.10. The van der Waals surface area contributed by atoms with Crippen LogP contribution in [0.3, 0.4) is 0 Å². The van der Waals surface area contributed by atoms with E-state index in [1.807, 2.05) is 29.1 Å². The van der Waals surface area contributed by atoms with E-state index < -0.39 is 0 Å². The maximum atomic E-state index is 4.51. The van der Waals surface area contributed by atoms with Crippen LogP contribution in [0.15, 0.2) is 54.2 Å². The van der Waals surface area contributed by atoms with Crippen molar-refractivity contribution in [3.8, 4) is 5.69 Å². The van der Waals surface area contributed by atoms with E-state index in [1.165, 1.54) is 16.0 Å². The zero-order chi connectivity index (χ0) is 14.7. The van der Waals surface area contributed by atoms with E-state index in [4.69, 9.17) is 0 Å². The monoisotopic (exact) mass is 297 g/mol. The van der Waals surface area contributed by atoms with E-state index in [2.05, 4.69) is 54.0 Å². The van der Waals surface area contributed by atoms with Crippen molar-refractivity contribution in [3.63, 3.8) is 0 Å². The molecule has 0 radical (unpaired) electrons. The Hall–Kier alpha value is -1.91. The van der Waals surface area contributed by atoms with Gasteiger partial charge in [0.1, 0.15) is 0 Å². The van der Waals surface area contributed by atoms with E-state index >= 15 is 0 Å². The minimum absolute atomic E-state index is 0.207. The van der Waals surface area contributed by atoms with Gasteiger partial charge in [-0.2, -0.15) is 5.10 Å². The first-order chi connectivity index (χ1) is 10.3. The molecule has 2 heterocycles. The van der Waals surface area contributed by atoms with Crippen LogP contribution >= 0.6 is 11.3 Å². The molecule has 2 aromatic heterocycles. The molecule has 0 fully saturated rings. The third kappa shape index (κ3) is 2.91. The lowest BCUT2D eigenvalue weighted by Crippen LogP contribution is -2.21. The fraction of sp³-hybridized carbons (Fsp3) is 0.235. The van der Waals surface area contributed by atoms with E-state index in [9.17, 15) is 0 Å². The van der Waals surface area contributed by atoms with Gasteiger partial charge in [0.2, 0.25) is 0 Å². The minimum atomic E-state index is 0.207. The van der Waals surface area contributed by atoms with Crippen LogP contribution in [-0.4, -0.2) is 16.3 Å². The lowest BCUT2D eigenvalue weighted by Gasteiger charge is -2.16. The summed E-state index contributed by atoms with van der Waals surface area (Å²) in [4.78, 5) is 1.36. The average Bonchev–Trinajstić information content (AvgIpc) is 3.15. The number of rotatable bonds is 5. The summed E-state index contributed by atoms with van der Waals surface area (Å²) in [5.41, 5.74) is 3.62. The molecular formula is C17H19N3S. The zero-order valence-electron chi connectivity index (χ0n) is 12.3. The Bertz CT molecular complexity index is 700. The van der Waals surface area contributed by atoms with Gasteiger partial charge in [-0.15, -0.1) is 11.3 Å². The number of nitrogens with one attached hydrogen (secondary N) is 1. The lowest BCUT2D eigenvalue weighted by atomic mass is 10.0. The smallest absolute Gasteiger partial charge is 0.0645 e. The molecule has 1 atom stereocenters. The van der Waals surface area contributed by atoms with Gasteiger partial charge >= 0.3 is 0 Å². The molecule has 3 nitrogen and oxygen atoms in total. The molecule has 0 aliphatic rings. The average molecular weight is 297 g/mol. The van der Waals surface area contributed by atoms with Crippen LogP contribution < -0.4 is 5.32 Å². The van der Waals surface area contributed by atoms with Crippen LogP contribution in [-0.2, 0) is 0 Å². The molecule has 3 aromatic rings. The molecule has 1 N–H and O–H groups in total. The quantitative estimate of drug-likeness (QED) is 0.773. The Kier molecular flexibility index (Phi) is 4.18. The van der Waals surface area contributed by atoms with E-state index in [-0.39, 0.29) is 6.04 Å². The van der Waals surface area contributed by atoms with Gasteiger partial charge in [-0.3, -0.25) is 0 Å². The van der Waals surface area contributed by atoms with E-state index in [0.717, 1.165) is 12.2 Å². The second kappa shape index (κ2) is 6.24. The summed E-state index contributed by atoms with van der Waals surface area (Å²) in [6, 6.07) is 12.6. The highest BCUT2D eigenvalue weighted by Crippen LogP contribution is 2.28. The fourth-order valence-corrected chi connectivity index (χ4v) is 3.25. The number of thiophene rings is 1. The molecule has 0 aliphatic carbocycles. The van der Waals surface area contributed by atoms with Crippen molar-refractivity contribution in [2.24, 2.45) is 0 Å². The molecule has 0 amide bonds. The summed E-state index contributed by atoms with van der Waals surface area (Å²) < 4.78 is 1.93. The molecule has 0 saturated heterocycles. The van der Waals surface area contributed by atoms with Crippen LogP contribution in [0.4, 0.5) is 0 Å². The van der Waals surface area contributed by atoms with E-state index in [1.54, 1.807) is 11.3 Å². The van der Waals surface area contributed by atoms with Crippen molar-refractivity contribution >= 4 is 11.3 Å². The second-order valence-electron chi connectivity index (χ2n) is 4.98. The van der Waals surface area contributed by atoms with Gasteiger partial charge in [0.25, 0.3) is 0 Å². The Morgan fingerprint density at radius 1 is 1.24 bits per heavy atom. The first-order valence-electron chi connectivity index (χ1n) is 7.17. The predicted molar refractivity (Wildman–Crippen MR) is 88.1 cm³/mol. The lowest BCUT2D eigenvalue weighted by molar-refractivity contribution is 0.630. The predicted octanol–water partition coefficient (Wildman–Crippen LogP) is 3.94. The maximum Gasteiger partial charge on any atom is 0.0645 e. The second-order valence-corrected chi connectivity index (χ2v) is 6.10. The number of aromatic nitrogens is 2. The molecule has 0 aliphatic heterocycles. The molecule has 0 saturated carbocycles. The molecular weight excluding hydrogens is 278 g/mol. The first kappa shape index (κ1) is 14.0. The van der Waals surface area contributed by atoms with Crippen LogP contribution in [0, 0.1) is 6.92 Å². The molecule has 108 valence electrons. The van der Waals surface area contributed by atoms with Crippen molar-refractivity contribution in [3.05, 3.63) is 70.2 Å². The Morgan fingerprint density at radius 2 is 2.05 bits per heavy atom. The summed E-state index contributed by atoms with van der Waals surface area (Å²) in [7, 11) is 0. The van der Waals surface area contributed by atoms with Gasteiger partial charge in [0, 0.05) is 16.6 Å². The number of aryl methyl sites for hydroxylation is 1. The van der Waals surface area contributed by atoms with Crippen LogP contribution in [0.25, 0.3) is 5.69 Å². The number of hydrogen-bond donors (Lipinski definition) is 1. The van der Waals surface area contributed by atoms with E-state index in [0.29, 0.717) is 0 Å². The SMILES string of the molecule is CCNC(c1cnn(-c2ccccc2)c1)c1ccsc1C. The molecule has 0 spiro atoms. The van der Waals surface area contributed by atoms with Crippen LogP contribution in [0.1, 0.15) is 29.0 Å². The van der Waals surface area contributed by atoms with Gasteiger partial charge in [-0.05, 0) is 42.6 Å². The summed E-state index contributed by atoms with van der Waals surface area (Å²) in [5, 5.41) is 10.2. The maximum absolute atomic E-state index is 4.51. The van der Waals surface area contributed by atoms with Gasteiger partial charge in [0.15, 0.2) is 0 Å². The van der Waals surface area contributed by atoms with Crippen LogP contribution in [0.5, 0.6) is 0 Å². The van der Waals surface area contributed by atoms with Gasteiger partial charge in [0.05, 0.1) is 17.9 Å². The molecule has 1 aromatic carbocycles. The normalized spacial score (nSPS) is 12.5. The third-order valence-electron chi connectivity index (χ3n) is 3.57. The summed E-state index contributed by atoms with van der Waals surface area (Å²) in [6.45, 7) is 5.23. The van der Waals surface area contributed by atoms with Crippen molar-refractivity contribution in [1.82, 2.24) is 15.1 Å². The molecule has 21 heavy (non-hydrogen) atoms. The van der Waals surface area contributed by atoms with Gasteiger partial charge in [-0.25, -0.2) is 4.68 Å². The van der Waals surface area contributed by atoms with Crippen molar-refractivity contribution in [2.75, 3.05) is 6.54 Å². The van der Waals surface area contributed by atoms with Gasteiger partial charge < -0.3 is 5.32 Å². The Morgan fingerprint density at radius 3 is 2.71 bits per heavy atom. The summed E-state index contributed by atoms with van der Waals surface area (Å²) in [5.74, 6) is 0. The summed E-state index contributed by atoms with van der Waals surface area (Å²) in [6.07, 6.45) is 4.07. The zero-order valence-corrected chi connectivity index (χ0v) is 13.1. The number of para-hydroxylation sites is 1. The number of benzene rings is 1. The largest absolute Gasteiger partial charge is 0.306 e. The first-order valence-corrected chi connectivity index (χ1v) is 8.05. The van der Waals surface area contributed by atoms with Crippen molar-refractivity contribution < 1.29 is 0 Å². The minimum Gasteiger partial charge on any atom is -0.306 e.